The Balaban J connectivity index is 1.67. The monoisotopic (exact) mass is 500 g/mol. The van der Waals surface area contributed by atoms with E-state index in [1.165, 1.54) is 4.90 Å². The summed E-state index contributed by atoms with van der Waals surface area (Å²) in [4.78, 5) is 52.3. The number of esters is 2. The van der Waals surface area contributed by atoms with Crippen LogP contribution in [0.15, 0.2) is 72.8 Å². The lowest BCUT2D eigenvalue weighted by Gasteiger charge is -2.50. The highest BCUT2D eigenvalue weighted by atomic mass is 16.5. The van der Waals surface area contributed by atoms with Gasteiger partial charge in [-0.05, 0) is 74.9 Å². The lowest BCUT2D eigenvalue weighted by molar-refractivity contribution is -0.137. The van der Waals surface area contributed by atoms with Gasteiger partial charge in [0, 0.05) is 11.4 Å². The van der Waals surface area contributed by atoms with Crippen LogP contribution in [-0.4, -0.2) is 37.0 Å². The Kier molecular flexibility index (Phi) is 7.38. The lowest BCUT2D eigenvalue weighted by Crippen LogP contribution is -2.67. The van der Waals surface area contributed by atoms with Crippen LogP contribution in [0.3, 0.4) is 0 Å². The maximum absolute atomic E-state index is 13.8. The van der Waals surface area contributed by atoms with E-state index in [-0.39, 0.29) is 25.5 Å². The molecule has 1 atom stereocenters. The summed E-state index contributed by atoms with van der Waals surface area (Å²) in [6, 6.07) is 20.3. The molecule has 4 rings (SSSR count). The maximum atomic E-state index is 13.8. The van der Waals surface area contributed by atoms with Crippen LogP contribution in [0.2, 0.25) is 0 Å². The van der Waals surface area contributed by atoms with E-state index >= 15 is 0 Å². The van der Waals surface area contributed by atoms with Gasteiger partial charge in [0.2, 0.25) is 5.91 Å². The molecule has 0 saturated carbocycles. The molecule has 0 radical (unpaired) electrons. The standard InChI is InChI=1S/C29H28N2O6/c1-4-36-26(33)20-8-14-23(15-9-20)30-28(35)29(22-12-6-19(3)7-13-22)18-25(32)31(29)24-16-10-21(11-17-24)27(34)37-5-2/h6-17H,4-5,18H2,1-3H3,(H,30,35). The molecule has 0 aliphatic carbocycles. The zero-order valence-electron chi connectivity index (χ0n) is 20.9. The van der Waals surface area contributed by atoms with Gasteiger partial charge in [-0.25, -0.2) is 9.59 Å². The number of anilines is 2. The van der Waals surface area contributed by atoms with Crippen molar-refractivity contribution in [2.24, 2.45) is 0 Å². The van der Waals surface area contributed by atoms with Crippen LogP contribution in [-0.2, 0) is 24.6 Å². The van der Waals surface area contributed by atoms with Gasteiger partial charge in [0.25, 0.3) is 5.91 Å². The largest absolute Gasteiger partial charge is 0.462 e. The highest BCUT2D eigenvalue weighted by Gasteiger charge is 2.58. The first-order valence-electron chi connectivity index (χ1n) is 12.1. The minimum absolute atomic E-state index is 0.0254. The number of nitrogens with one attached hydrogen (secondary N) is 1. The number of benzene rings is 3. The molecule has 1 aliphatic rings. The topological polar surface area (TPSA) is 102 Å². The molecule has 1 unspecified atom stereocenters. The zero-order valence-corrected chi connectivity index (χ0v) is 20.9. The fourth-order valence-electron chi connectivity index (χ4n) is 4.34. The first-order valence-corrected chi connectivity index (χ1v) is 12.1. The molecule has 1 N–H and O–H groups in total. The summed E-state index contributed by atoms with van der Waals surface area (Å²) in [5, 5.41) is 2.90. The molecule has 37 heavy (non-hydrogen) atoms. The Morgan fingerprint density at radius 2 is 1.32 bits per heavy atom. The van der Waals surface area contributed by atoms with E-state index < -0.39 is 23.4 Å². The van der Waals surface area contributed by atoms with Crippen LogP contribution in [0.1, 0.15) is 52.1 Å². The first-order chi connectivity index (χ1) is 17.8. The molecule has 8 heteroatoms. The number of amides is 2. The number of ether oxygens (including phenoxy) is 2. The van der Waals surface area contributed by atoms with E-state index in [2.05, 4.69) is 5.32 Å². The number of hydrogen-bond donors (Lipinski definition) is 1. The molecule has 3 aromatic carbocycles. The van der Waals surface area contributed by atoms with Crippen molar-refractivity contribution in [1.29, 1.82) is 0 Å². The van der Waals surface area contributed by atoms with Gasteiger partial charge in [-0.3, -0.25) is 14.5 Å². The Hall–Kier alpha value is -4.46. The molecule has 1 fully saturated rings. The van der Waals surface area contributed by atoms with Crippen LogP contribution < -0.4 is 10.2 Å². The molecular formula is C29H28N2O6. The van der Waals surface area contributed by atoms with Crippen LogP contribution in [0.5, 0.6) is 0 Å². The Morgan fingerprint density at radius 1 is 0.811 bits per heavy atom. The Labute approximate surface area is 215 Å². The molecule has 1 saturated heterocycles. The number of rotatable bonds is 8. The molecule has 0 bridgehead atoms. The smallest absolute Gasteiger partial charge is 0.338 e. The molecule has 3 aromatic rings. The second-order valence-electron chi connectivity index (χ2n) is 8.65. The van der Waals surface area contributed by atoms with Gasteiger partial charge in [-0.2, -0.15) is 0 Å². The number of hydrogen-bond acceptors (Lipinski definition) is 6. The summed E-state index contributed by atoms with van der Waals surface area (Å²) in [5.74, 6) is -1.53. The van der Waals surface area contributed by atoms with Crippen molar-refractivity contribution in [2.45, 2.75) is 32.7 Å². The van der Waals surface area contributed by atoms with E-state index in [4.69, 9.17) is 9.47 Å². The SMILES string of the molecule is CCOC(=O)c1ccc(NC(=O)C2(c3ccc(C)cc3)CC(=O)N2c2ccc(C(=O)OCC)cc2)cc1. The summed E-state index contributed by atoms with van der Waals surface area (Å²) in [5.41, 5.74) is 2.06. The van der Waals surface area contributed by atoms with E-state index in [1.807, 2.05) is 31.2 Å². The second-order valence-corrected chi connectivity index (χ2v) is 8.65. The first kappa shape index (κ1) is 25.6. The van der Waals surface area contributed by atoms with Gasteiger partial charge >= 0.3 is 11.9 Å². The van der Waals surface area contributed by atoms with E-state index in [0.29, 0.717) is 28.1 Å². The fourth-order valence-corrected chi connectivity index (χ4v) is 4.34. The highest BCUT2D eigenvalue weighted by molar-refractivity contribution is 6.17. The predicted octanol–water partition coefficient (Wildman–Crippen LogP) is 4.62. The van der Waals surface area contributed by atoms with Crippen molar-refractivity contribution in [3.05, 3.63) is 95.1 Å². The van der Waals surface area contributed by atoms with Gasteiger partial charge in [0.05, 0.1) is 30.8 Å². The normalized spacial score (nSPS) is 16.5. The van der Waals surface area contributed by atoms with Crippen LogP contribution >= 0.6 is 0 Å². The van der Waals surface area contributed by atoms with Crippen LogP contribution in [0.4, 0.5) is 11.4 Å². The van der Waals surface area contributed by atoms with Crippen molar-refractivity contribution in [1.82, 2.24) is 0 Å². The van der Waals surface area contributed by atoms with Gasteiger partial charge in [-0.15, -0.1) is 0 Å². The third-order valence-electron chi connectivity index (χ3n) is 6.23. The minimum atomic E-state index is -1.30. The molecule has 8 nitrogen and oxygen atoms in total. The van der Waals surface area contributed by atoms with Crippen molar-refractivity contribution < 1.29 is 28.7 Å². The molecule has 0 spiro atoms. The Bertz CT molecular complexity index is 1320. The highest BCUT2D eigenvalue weighted by Crippen LogP contribution is 2.46. The summed E-state index contributed by atoms with van der Waals surface area (Å²) in [6.07, 6.45) is -0.0254. The van der Waals surface area contributed by atoms with E-state index in [9.17, 15) is 19.2 Å². The van der Waals surface area contributed by atoms with Crippen molar-refractivity contribution in [3.63, 3.8) is 0 Å². The zero-order chi connectivity index (χ0) is 26.6. The summed E-state index contributed by atoms with van der Waals surface area (Å²) < 4.78 is 10.0. The maximum Gasteiger partial charge on any atom is 0.338 e. The molecule has 190 valence electrons. The fraction of sp³-hybridized carbons (Fsp3) is 0.241. The number of carbonyl (C=O) groups is 4. The third kappa shape index (κ3) is 4.95. The van der Waals surface area contributed by atoms with Crippen molar-refractivity contribution in [3.8, 4) is 0 Å². The van der Waals surface area contributed by atoms with E-state index in [1.54, 1.807) is 62.4 Å². The van der Waals surface area contributed by atoms with Gasteiger partial charge in [0.15, 0.2) is 5.54 Å². The molecule has 1 aliphatic heterocycles. The summed E-state index contributed by atoms with van der Waals surface area (Å²) in [7, 11) is 0. The number of carbonyl (C=O) groups excluding carboxylic acids is 4. The van der Waals surface area contributed by atoms with Gasteiger partial charge in [0.1, 0.15) is 0 Å². The van der Waals surface area contributed by atoms with Crippen molar-refractivity contribution >= 4 is 35.1 Å². The summed E-state index contributed by atoms with van der Waals surface area (Å²) >= 11 is 0. The second kappa shape index (κ2) is 10.7. The lowest BCUT2D eigenvalue weighted by atomic mass is 9.75. The number of nitrogens with zero attached hydrogens (tertiary/aromatic N) is 1. The number of aryl methyl sites for hydroxylation is 1. The molecular weight excluding hydrogens is 472 g/mol. The predicted molar refractivity (Wildman–Crippen MR) is 138 cm³/mol. The Morgan fingerprint density at radius 3 is 1.81 bits per heavy atom. The van der Waals surface area contributed by atoms with Gasteiger partial charge < -0.3 is 14.8 Å². The summed E-state index contributed by atoms with van der Waals surface area (Å²) in [6.45, 7) is 5.92. The van der Waals surface area contributed by atoms with E-state index in [0.717, 1.165) is 5.56 Å². The van der Waals surface area contributed by atoms with Crippen LogP contribution in [0.25, 0.3) is 0 Å². The van der Waals surface area contributed by atoms with Gasteiger partial charge in [-0.1, -0.05) is 29.8 Å². The average molecular weight is 501 g/mol. The third-order valence-corrected chi connectivity index (χ3v) is 6.23. The quantitative estimate of drug-likeness (QED) is 0.358. The molecule has 0 aromatic heterocycles. The molecule has 2 amide bonds. The number of β-lactam (4-membered cyclic amide) rings is 1. The van der Waals surface area contributed by atoms with Crippen LogP contribution in [0, 0.1) is 6.92 Å². The average Bonchev–Trinajstić information content (AvgIpc) is 2.88. The molecule has 1 heterocycles. The van der Waals surface area contributed by atoms with Crippen molar-refractivity contribution in [2.75, 3.05) is 23.4 Å². The minimum Gasteiger partial charge on any atom is -0.462 e.